The van der Waals surface area contributed by atoms with Gasteiger partial charge in [0.2, 0.25) is 0 Å². The van der Waals surface area contributed by atoms with Crippen molar-refractivity contribution < 1.29 is 4.79 Å². The number of aromatic nitrogens is 1. The highest BCUT2D eigenvalue weighted by atomic mass is 79.9. The molecule has 1 amide bonds. The van der Waals surface area contributed by atoms with E-state index in [1.165, 1.54) is 0 Å². The molecular weight excluding hydrogens is 383 g/mol. The lowest BCUT2D eigenvalue weighted by molar-refractivity contribution is 0.102. The van der Waals surface area contributed by atoms with E-state index in [1.54, 1.807) is 36.5 Å². The number of benzene rings is 1. The van der Waals surface area contributed by atoms with Crippen molar-refractivity contribution in [1.29, 1.82) is 0 Å². The molecule has 6 heteroatoms. The second-order valence-electron chi connectivity index (χ2n) is 3.45. The van der Waals surface area contributed by atoms with Crippen LogP contribution in [0.2, 0.25) is 5.02 Å². The highest BCUT2D eigenvalue weighted by Gasteiger charge is 2.11. The van der Waals surface area contributed by atoms with Crippen molar-refractivity contribution in [2.24, 2.45) is 0 Å². The Bertz CT molecular complexity index is 587. The number of hydrogen-bond donors (Lipinski definition) is 1. The minimum Gasteiger partial charge on any atom is -0.321 e. The van der Waals surface area contributed by atoms with E-state index in [1.807, 2.05) is 0 Å². The van der Waals surface area contributed by atoms with Gasteiger partial charge in [-0.2, -0.15) is 0 Å². The lowest BCUT2D eigenvalue weighted by atomic mass is 10.2. The molecule has 1 aromatic carbocycles. The molecule has 0 unspecified atom stereocenters. The predicted molar refractivity (Wildman–Crippen MR) is 79.0 cm³/mol. The van der Waals surface area contributed by atoms with Crippen LogP contribution < -0.4 is 5.32 Å². The second-order valence-corrected chi connectivity index (χ2v) is 5.58. The number of pyridine rings is 1. The summed E-state index contributed by atoms with van der Waals surface area (Å²) in [6.07, 6.45) is 1.56. The van der Waals surface area contributed by atoms with Crippen LogP contribution in [0.1, 0.15) is 10.4 Å². The highest BCUT2D eigenvalue weighted by Crippen LogP contribution is 2.22. The van der Waals surface area contributed by atoms with Crippen LogP contribution in [0.4, 0.5) is 5.69 Å². The Hall–Kier alpha value is -0.910. The summed E-state index contributed by atoms with van der Waals surface area (Å²) in [5.41, 5.74) is 1.02. The standard InChI is InChI=1S/C12H7Br2ClN2O/c13-7-1-3-10(15)9(5-7)12(18)17-8-2-4-11(14)16-6-8/h1-6H,(H,17,18). The van der Waals surface area contributed by atoms with Gasteiger partial charge >= 0.3 is 0 Å². The van der Waals surface area contributed by atoms with Gasteiger partial charge in [-0.05, 0) is 46.3 Å². The van der Waals surface area contributed by atoms with E-state index in [0.29, 0.717) is 20.9 Å². The monoisotopic (exact) mass is 388 g/mol. The fraction of sp³-hybridized carbons (Fsp3) is 0. The zero-order chi connectivity index (χ0) is 13.1. The van der Waals surface area contributed by atoms with Crippen LogP contribution in [0.15, 0.2) is 45.6 Å². The molecule has 0 saturated heterocycles. The minimum absolute atomic E-state index is 0.273. The topological polar surface area (TPSA) is 42.0 Å². The Morgan fingerprint density at radius 2 is 2.00 bits per heavy atom. The van der Waals surface area contributed by atoms with Gasteiger partial charge in [0, 0.05) is 4.47 Å². The summed E-state index contributed by atoms with van der Waals surface area (Å²) >= 11 is 12.5. The molecule has 3 nitrogen and oxygen atoms in total. The van der Waals surface area contributed by atoms with Gasteiger partial charge in [-0.25, -0.2) is 4.98 Å². The van der Waals surface area contributed by atoms with Gasteiger partial charge in [-0.15, -0.1) is 0 Å². The number of rotatable bonds is 2. The van der Waals surface area contributed by atoms with Gasteiger partial charge in [-0.1, -0.05) is 27.5 Å². The first-order chi connectivity index (χ1) is 8.56. The maximum Gasteiger partial charge on any atom is 0.257 e. The Morgan fingerprint density at radius 1 is 1.22 bits per heavy atom. The smallest absolute Gasteiger partial charge is 0.257 e. The predicted octanol–water partition coefficient (Wildman–Crippen LogP) is 4.51. The van der Waals surface area contributed by atoms with Crippen molar-refractivity contribution in [3.8, 4) is 0 Å². The number of nitrogens with zero attached hydrogens (tertiary/aromatic N) is 1. The Labute approximate surface area is 126 Å². The molecule has 0 bridgehead atoms. The number of halogens is 3. The third-order valence-corrected chi connectivity index (χ3v) is 3.45. The van der Waals surface area contributed by atoms with Gasteiger partial charge < -0.3 is 5.32 Å². The molecule has 0 aliphatic carbocycles. The first kappa shape index (κ1) is 13.5. The molecule has 18 heavy (non-hydrogen) atoms. The summed E-state index contributed by atoms with van der Waals surface area (Å²) < 4.78 is 1.51. The van der Waals surface area contributed by atoms with Crippen molar-refractivity contribution >= 4 is 55.1 Å². The molecule has 0 aliphatic rings. The van der Waals surface area contributed by atoms with Gasteiger partial charge in [0.1, 0.15) is 4.60 Å². The number of hydrogen-bond acceptors (Lipinski definition) is 2. The molecule has 1 N–H and O–H groups in total. The quantitative estimate of drug-likeness (QED) is 0.767. The Balaban J connectivity index is 2.21. The van der Waals surface area contributed by atoms with Crippen molar-refractivity contribution in [3.63, 3.8) is 0 Å². The fourth-order valence-corrected chi connectivity index (χ4v) is 2.12. The average Bonchev–Trinajstić information content (AvgIpc) is 2.35. The maximum absolute atomic E-state index is 12.0. The molecule has 0 radical (unpaired) electrons. The molecule has 2 rings (SSSR count). The third kappa shape index (κ3) is 3.31. The van der Waals surface area contributed by atoms with Crippen LogP contribution in [-0.4, -0.2) is 10.9 Å². The zero-order valence-corrected chi connectivity index (χ0v) is 12.9. The average molecular weight is 390 g/mol. The third-order valence-electron chi connectivity index (χ3n) is 2.16. The van der Waals surface area contributed by atoms with Crippen LogP contribution in [0.5, 0.6) is 0 Å². The van der Waals surface area contributed by atoms with Crippen LogP contribution in [0.3, 0.4) is 0 Å². The number of carbonyl (C=O) groups is 1. The van der Waals surface area contributed by atoms with Crippen LogP contribution in [0.25, 0.3) is 0 Å². The summed E-state index contributed by atoms with van der Waals surface area (Å²) in [5, 5.41) is 3.13. The number of carbonyl (C=O) groups excluding carboxylic acids is 1. The molecule has 0 aliphatic heterocycles. The highest BCUT2D eigenvalue weighted by molar-refractivity contribution is 9.10. The molecular formula is C12H7Br2ClN2O. The van der Waals surface area contributed by atoms with Crippen molar-refractivity contribution in [2.75, 3.05) is 5.32 Å². The Morgan fingerprint density at radius 3 is 2.67 bits per heavy atom. The van der Waals surface area contributed by atoms with E-state index in [-0.39, 0.29) is 5.91 Å². The van der Waals surface area contributed by atoms with E-state index in [9.17, 15) is 4.79 Å². The lowest BCUT2D eigenvalue weighted by Crippen LogP contribution is -2.12. The first-order valence-corrected chi connectivity index (χ1v) is 6.90. The number of amides is 1. The van der Waals surface area contributed by atoms with Crippen molar-refractivity contribution in [2.45, 2.75) is 0 Å². The van der Waals surface area contributed by atoms with Crippen LogP contribution in [-0.2, 0) is 0 Å². The summed E-state index contributed by atoms with van der Waals surface area (Å²) in [5.74, 6) is -0.273. The lowest BCUT2D eigenvalue weighted by Gasteiger charge is -2.07. The van der Waals surface area contributed by atoms with E-state index in [2.05, 4.69) is 42.2 Å². The van der Waals surface area contributed by atoms with E-state index < -0.39 is 0 Å². The van der Waals surface area contributed by atoms with Gasteiger partial charge in [0.15, 0.2) is 0 Å². The summed E-state index contributed by atoms with van der Waals surface area (Å²) in [6, 6.07) is 8.61. The maximum atomic E-state index is 12.0. The molecule has 0 atom stereocenters. The van der Waals surface area contributed by atoms with Gasteiger partial charge in [-0.3, -0.25) is 4.79 Å². The van der Waals surface area contributed by atoms with E-state index in [0.717, 1.165) is 4.47 Å². The molecule has 92 valence electrons. The zero-order valence-electron chi connectivity index (χ0n) is 8.95. The van der Waals surface area contributed by atoms with E-state index >= 15 is 0 Å². The van der Waals surface area contributed by atoms with Crippen LogP contribution in [0, 0.1) is 0 Å². The SMILES string of the molecule is O=C(Nc1ccc(Br)nc1)c1cc(Br)ccc1Cl. The van der Waals surface area contributed by atoms with Gasteiger partial charge in [0.05, 0.1) is 22.5 Å². The Kier molecular flexibility index (Phi) is 4.37. The first-order valence-electron chi connectivity index (χ1n) is 4.94. The summed E-state index contributed by atoms with van der Waals surface area (Å²) in [4.78, 5) is 16.0. The fourth-order valence-electron chi connectivity index (χ4n) is 1.32. The summed E-state index contributed by atoms with van der Waals surface area (Å²) in [6.45, 7) is 0. The van der Waals surface area contributed by atoms with Crippen LogP contribution >= 0.6 is 43.5 Å². The van der Waals surface area contributed by atoms with Crippen molar-refractivity contribution in [3.05, 3.63) is 56.2 Å². The number of nitrogens with one attached hydrogen (secondary N) is 1. The molecule has 1 heterocycles. The molecule has 1 aromatic heterocycles. The largest absolute Gasteiger partial charge is 0.321 e. The molecule has 0 saturated carbocycles. The van der Waals surface area contributed by atoms with Gasteiger partial charge in [0.25, 0.3) is 5.91 Å². The summed E-state index contributed by atoms with van der Waals surface area (Å²) in [7, 11) is 0. The molecule has 0 spiro atoms. The molecule has 0 fully saturated rings. The van der Waals surface area contributed by atoms with Crippen molar-refractivity contribution in [1.82, 2.24) is 4.98 Å². The minimum atomic E-state index is -0.273. The second kappa shape index (κ2) is 5.82. The number of anilines is 1. The molecule has 2 aromatic rings. The van der Waals surface area contributed by atoms with E-state index in [4.69, 9.17) is 11.6 Å². The normalized spacial score (nSPS) is 10.2.